The van der Waals surface area contributed by atoms with Gasteiger partial charge in [-0.05, 0) is 138 Å². The van der Waals surface area contributed by atoms with Gasteiger partial charge in [-0.25, -0.2) is 8.78 Å². The van der Waals surface area contributed by atoms with Gasteiger partial charge < -0.3 is 9.31 Å². The molecule has 1 heterocycles. The lowest BCUT2D eigenvalue weighted by molar-refractivity contribution is -0.0686. The SMILES string of the molecule is C=C(C)Br.C=C(c1cc(Br)c(F)c(Br)c1)C(F)(F)F.CC1(C)OB(c2cc(Br)c(F)c(Br)c2)OC1(C)C. The summed E-state index contributed by atoms with van der Waals surface area (Å²) in [5, 5.41) is 0. The van der Waals surface area contributed by atoms with E-state index in [2.05, 4.69) is 92.8 Å². The first-order chi connectivity index (χ1) is 16.6. The second kappa shape index (κ2) is 13.5. The standard InChI is InChI=1S/C12H14BBr2FO2.C9H4Br2F4.C3H5Br/c1-11(2)12(3,4)18-13(17-11)7-5-8(14)10(16)9(15)6-7;1-4(9(13,14)15)5-2-6(10)8(12)7(11)3-5;1-3(2)4/h5-6H,1-4H3;2-3H,1H2;1H2,2H3. The van der Waals surface area contributed by atoms with E-state index in [1.165, 1.54) is 0 Å². The zero-order chi connectivity index (χ0) is 29.1. The average Bonchev–Trinajstić information content (AvgIpc) is 2.95. The Bertz CT molecular complexity index is 1100. The summed E-state index contributed by atoms with van der Waals surface area (Å²) < 4.78 is 76.9. The van der Waals surface area contributed by atoms with Gasteiger partial charge in [0.05, 0.1) is 34.7 Å². The van der Waals surface area contributed by atoms with Gasteiger partial charge in [0, 0.05) is 0 Å². The van der Waals surface area contributed by atoms with E-state index in [0.29, 0.717) is 8.95 Å². The number of alkyl halides is 3. The maximum absolute atomic E-state index is 13.5. The Labute approximate surface area is 256 Å². The highest BCUT2D eigenvalue weighted by atomic mass is 79.9. The summed E-state index contributed by atoms with van der Waals surface area (Å²) in [6.45, 7) is 16.2. The van der Waals surface area contributed by atoms with Gasteiger partial charge in [-0.1, -0.05) is 29.1 Å². The van der Waals surface area contributed by atoms with Gasteiger partial charge in [-0.15, -0.1) is 0 Å². The van der Waals surface area contributed by atoms with Crippen LogP contribution in [0.15, 0.2) is 59.8 Å². The second-order valence-corrected chi connectivity index (χ2v) is 13.6. The normalized spacial score (nSPS) is 15.8. The van der Waals surface area contributed by atoms with Crippen LogP contribution < -0.4 is 5.46 Å². The van der Waals surface area contributed by atoms with Gasteiger partial charge >= 0.3 is 13.3 Å². The Balaban J connectivity index is 0.000000328. The molecule has 37 heavy (non-hydrogen) atoms. The quantitative estimate of drug-likeness (QED) is 0.170. The monoisotopic (exact) mass is 844 g/mol. The van der Waals surface area contributed by atoms with Crippen molar-refractivity contribution in [2.24, 2.45) is 0 Å². The van der Waals surface area contributed by atoms with Crippen LogP contribution in [0.3, 0.4) is 0 Å². The van der Waals surface area contributed by atoms with E-state index in [1.54, 1.807) is 12.1 Å². The Morgan fingerprint density at radius 1 is 0.784 bits per heavy atom. The third-order valence-electron chi connectivity index (χ3n) is 5.21. The van der Waals surface area contributed by atoms with E-state index in [1.807, 2.05) is 34.6 Å². The minimum Gasteiger partial charge on any atom is -0.399 e. The molecule has 1 aliphatic rings. The van der Waals surface area contributed by atoms with E-state index in [-0.39, 0.29) is 20.3 Å². The Morgan fingerprint density at radius 2 is 1.08 bits per heavy atom. The van der Waals surface area contributed by atoms with E-state index >= 15 is 0 Å². The lowest BCUT2D eigenvalue weighted by atomic mass is 9.79. The third kappa shape index (κ3) is 9.83. The number of hydrogen-bond acceptors (Lipinski definition) is 2. The molecule has 2 aromatic rings. The average molecular weight is 849 g/mol. The van der Waals surface area contributed by atoms with Gasteiger partial charge in [0.15, 0.2) is 11.6 Å². The molecule has 204 valence electrons. The van der Waals surface area contributed by atoms with E-state index in [4.69, 9.17) is 9.31 Å². The smallest absolute Gasteiger partial charge is 0.399 e. The first-order valence-electron chi connectivity index (χ1n) is 10.3. The van der Waals surface area contributed by atoms with Crippen molar-refractivity contribution < 1.29 is 31.3 Å². The number of allylic oxidation sites excluding steroid dienone is 2. The molecule has 0 aromatic heterocycles. The number of halogens is 10. The minimum atomic E-state index is -4.52. The van der Waals surface area contributed by atoms with E-state index < -0.39 is 35.9 Å². The maximum atomic E-state index is 13.5. The summed E-state index contributed by atoms with van der Waals surface area (Å²) >= 11 is 15.1. The molecule has 0 atom stereocenters. The summed E-state index contributed by atoms with van der Waals surface area (Å²) in [4.78, 5) is 0. The van der Waals surface area contributed by atoms with Crippen LogP contribution in [0.25, 0.3) is 5.57 Å². The predicted octanol–water partition coefficient (Wildman–Crippen LogP) is 10.5. The van der Waals surface area contributed by atoms with Crippen molar-refractivity contribution in [3.63, 3.8) is 0 Å². The van der Waals surface area contributed by atoms with Crippen LogP contribution in [0.4, 0.5) is 22.0 Å². The first kappa shape index (κ1) is 35.0. The van der Waals surface area contributed by atoms with Crippen LogP contribution in [0.1, 0.15) is 40.2 Å². The number of rotatable bonds is 2. The maximum Gasteiger partial charge on any atom is 0.494 e. The number of hydrogen-bond donors (Lipinski definition) is 0. The lowest BCUT2D eigenvalue weighted by Gasteiger charge is -2.32. The lowest BCUT2D eigenvalue weighted by Crippen LogP contribution is -2.41. The van der Waals surface area contributed by atoms with Gasteiger partial charge in [0.2, 0.25) is 0 Å². The molecule has 0 saturated carbocycles. The zero-order valence-electron chi connectivity index (χ0n) is 20.4. The highest BCUT2D eigenvalue weighted by Crippen LogP contribution is 2.37. The highest BCUT2D eigenvalue weighted by Gasteiger charge is 2.51. The van der Waals surface area contributed by atoms with Crippen molar-refractivity contribution in [2.75, 3.05) is 0 Å². The summed E-state index contributed by atoms with van der Waals surface area (Å²) in [5.74, 6) is -0.969. The van der Waals surface area contributed by atoms with Crippen molar-refractivity contribution in [3.05, 3.63) is 77.0 Å². The third-order valence-corrected chi connectivity index (χ3v) is 7.51. The predicted molar refractivity (Wildman–Crippen MR) is 158 cm³/mol. The van der Waals surface area contributed by atoms with E-state index in [9.17, 15) is 22.0 Å². The van der Waals surface area contributed by atoms with Gasteiger partial charge in [-0.2, -0.15) is 13.2 Å². The van der Waals surface area contributed by atoms with Gasteiger partial charge in [-0.3, -0.25) is 0 Å². The van der Waals surface area contributed by atoms with Crippen LogP contribution >= 0.6 is 79.6 Å². The van der Waals surface area contributed by atoms with Crippen molar-refractivity contribution in [3.8, 4) is 0 Å². The molecule has 0 unspecified atom stereocenters. The largest absolute Gasteiger partial charge is 0.494 e. The molecule has 2 aromatic carbocycles. The van der Waals surface area contributed by atoms with Crippen LogP contribution in [-0.2, 0) is 9.31 Å². The fourth-order valence-electron chi connectivity index (χ4n) is 2.58. The fraction of sp³-hybridized carbons (Fsp3) is 0.333. The van der Waals surface area contributed by atoms with Crippen LogP contribution in [0.5, 0.6) is 0 Å². The van der Waals surface area contributed by atoms with Crippen LogP contribution in [-0.4, -0.2) is 24.5 Å². The minimum absolute atomic E-state index is 0.0442. The first-order valence-corrected chi connectivity index (χ1v) is 14.3. The summed E-state index contributed by atoms with van der Waals surface area (Å²) in [5.41, 5.74) is -1.20. The summed E-state index contributed by atoms with van der Waals surface area (Å²) in [6.07, 6.45) is -4.52. The molecule has 0 radical (unpaired) electrons. The molecule has 0 bridgehead atoms. The van der Waals surface area contributed by atoms with Crippen LogP contribution in [0.2, 0.25) is 0 Å². The summed E-state index contributed by atoms with van der Waals surface area (Å²) in [7, 11) is -0.483. The van der Waals surface area contributed by atoms with Crippen molar-refractivity contribution in [1.82, 2.24) is 0 Å². The van der Waals surface area contributed by atoms with Crippen LogP contribution in [0, 0.1) is 11.6 Å². The molecule has 3 rings (SSSR count). The Kier molecular flexibility index (Phi) is 12.8. The molecular formula is C24H23BBr5F5O2. The number of benzene rings is 2. The van der Waals surface area contributed by atoms with Crippen molar-refractivity contribution >= 4 is 97.8 Å². The molecule has 1 fully saturated rings. The van der Waals surface area contributed by atoms with Gasteiger partial charge in [0.25, 0.3) is 0 Å². The Morgan fingerprint density at radius 3 is 1.38 bits per heavy atom. The second-order valence-electron chi connectivity index (χ2n) is 8.79. The fourth-order valence-corrected chi connectivity index (χ4v) is 4.99. The summed E-state index contributed by atoms with van der Waals surface area (Å²) in [6, 6.07) is 5.44. The topological polar surface area (TPSA) is 18.5 Å². The van der Waals surface area contributed by atoms with Crippen molar-refractivity contribution in [1.29, 1.82) is 0 Å². The van der Waals surface area contributed by atoms with Crippen molar-refractivity contribution in [2.45, 2.75) is 52.0 Å². The zero-order valence-corrected chi connectivity index (χ0v) is 28.3. The molecule has 2 nitrogen and oxygen atoms in total. The molecule has 0 spiro atoms. The Hall–Kier alpha value is -0.0451. The molecule has 0 amide bonds. The molecule has 13 heteroatoms. The molecule has 0 aliphatic carbocycles. The van der Waals surface area contributed by atoms with E-state index in [0.717, 1.165) is 22.1 Å². The molecular weight excluding hydrogens is 826 g/mol. The van der Waals surface area contributed by atoms with Gasteiger partial charge in [0.1, 0.15) is 0 Å². The molecule has 0 N–H and O–H groups in total. The highest BCUT2D eigenvalue weighted by molar-refractivity contribution is 9.12. The molecule has 1 aliphatic heterocycles. The molecule has 1 saturated heterocycles.